The van der Waals surface area contributed by atoms with Gasteiger partial charge in [0, 0.05) is 19.6 Å². The fourth-order valence-electron chi connectivity index (χ4n) is 1.86. The van der Waals surface area contributed by atoms with E-state index in [-0.39, 0.29) is 13.0 Å². The molecule has 0 radical (unpaired) electrons. The van der Waals surface area contributed by atoms with Crippen LogP contribution in [0.25, 0.3) is 0 Å². The molecular weight excluding hydrogens is 280 g/mol. The molecule has 0 saturated carbocycles. The van der Waals surface area contributed by atoms with Crippen molar-refractivity contribution in [2.24, 2.45) is 0 Å². The van der Waals surface area contributed by atoms with E-state index in [0.717, 1.165) is 4.31 Å². The topological polar surface area (TPSA) is 77.9 Å². The van der Waals surface area contributed by atoms with E-state index in [1.54, 1.807) is 44.2 Å². The monoisotopic (exact) mass is 300 g/mol. The molecule has 1 N–H and O–H groups in total. The molecule has 6 nitrogen and oxygen atoms in total. The summed E-state index contributed by atoms with van der Waals surface area (Å²) < 4.78 is 27.6. The molecule has 0 aromatic heterocycles. The molecule has 0 unspecified atom stereocenters. The largest absolute Gasteiger partial charge is 0.481 e. The zero-order valence-corrected chi connectivity index (χ0v) is 12.5. The number of aliphatic carboxylic acids is 1. The summed E-state index contributed by atoms with van der Waals surface area (Å²) in [6.07, 6.45) is -0.241. The minimum Gasteiger partial charge on any atom is -0.481 e. The van der Waals surface area contributed by atoms with Gasteiger partial charge in [-0.15, -0.1) is 0 Å². The van der Waals surface area contributed by atoms with Crippen LogP contribution in [0.4, 0.5) is 5.69 Å². The maximum absolute atomic E-state index is 12.6. The van der Waals surface area contributed by atoms with Crippen LogP contribution in [0.5, 0.6) is 0 Å². The lowest BCUT2D eigenvalue weighted by Gasteiger charge is -2.29. The third kappa shape index (κ3) is 3.94. The van der Waals surface area contributed by atoms with E-state index in [0.29, 0.717) is 18.8 Å². The van der Waals surface area contributed by atoms with Gasteiger partial charge in [-0.3, -0.25) is 9.10 Å². The van der Waals surface area contributed by atoms with Crippen molar-refractivity contribution in [2.75, 3.05) is 23.9 Å². The van der Waals surface area contributed by atoms with Crippen molar-refractivity contribution in [1.82, 2.24) is 4.31 Å². The Hall–Kier alpha value is -1.60. The fraction of sp³-hybridized carbons (Fsp3) is 0.462. The van der Waals surface area contributed by atoms with Crippen molar-refractivity contribution in [2.45, 2.75) is 20.3 Å². The summed E-state index contributed by atoms with van der Waals surface area (Å²) in [6, 6.07) is 8.54. The molecule has 1 rings (SSSR count). The number of carboxylic acids is 1. The summed E-state index contributed by atoms with van der Waals surface area (Å²) in [5, 5.41) is 8.79. The number of benzene rings is 1. The molecule has 20 heavy (non-hydrogen) atoms. The second-order valence-electron chi connectivity index (χ2n) is 4.14. The third-order valence-electron chi connectivity index (χ3n) is 2.88. The minimum atomic E-state index is -3.71. The van der Waals surface area contributed by atoms with Crippen LogP contribution < -0.4 is 4.31 Å². The Morgan fingerprint density at radius 2 is 1.70 bits per heavy atom. The lowest BCUT2D eigenvalue weighted by Crippen LogP contribution is -2.44. The molecular formula is C13H20N2O4S. The summed E-state index contributed by atoms with van der Waals surface area (Å²) in [6.45, 7) is 4.10. The van der Waals surface area contributed by atoms with Gasteiger partial charge in [0.2, 0.25) is 0 Å². The summed E-state index contributed by atoms with van der Waals surface area (Å²) >= 11 is 0. The molecule has 0 aliphatic rings. The number of rotatable bonds is 8. The first kappa shape index (κ1) is 16.5. The predicted octanol–water partition coefficient (Wildman–Crippen LogP) is 1.55. The highest BCUT2D eigenvalue weighted by molar-refractivity contribution is 7.90. The number of nitrogens with zero attached hydrogens (tertiary/aromatic N) is 2. The van der Waals surface area contributed by atoms with E-state index >= 15 is 0 Å². The van der Waals surface area contributed by atoms with E-state index < -0.39 is 16.2 Å². The molecule has 0 aliphatic carbocycles. The Kier molecular flexibility index (Phi) is 5.97. The van der Waals surface area contributed by atoms with Crippen LogP contribution in [0.2, 0.25) is 0 Å². The van der Waals surface area contributed by atoms with Crippen LogP contribution in [0.1, 0.15) is 20.3 Å². The first-order valence-corrected chi connectivity index (χ1v) is 7.87. The van der Waals surface area contributed by atoms with Crippen LogP contribution in [-0.4, -0.2) is 43.4 Å². The summed E-state index contributed by atoms with van der Waals surface area (Å²) in [7, 11) is -3.71. The maximum Gasteiger partial charge on any atom is 0.305 e. The lowest BCUT2D eigenvalue weighted by molar-refractivity contribution is -0.136. The van der Waals surface area contributed by atoms with Gasteiger partial charge < -0.3 is 5.11 Å². The third-order valence-corrected chi connectivity index (χ3v) is 5.00. The SMILES string of the molecule is CCN(CC)S(=O)(=O)N(CCC(=O)O)c1ccccc1. The average molecular weight is 300 g/mol. The van der Waals surface area contributed by atoms with Gasteiger partial charge >= 0.3 is 16.2 Å². The molecule has 0 atom stereocenters. The first-order chi connectivity index (χ1) is 9.43. The predicted molar refractivity (Wildman–Crippen MR) is 77.9 cm³/mol. The highest BCUT2D eigenvalue weighted by Gasteiger charge is 2.28. The number of para-hydroxylation sites is 1. The van der Waals surface area contributed by atoms with Crippen LogP contribution >= 0.6 is 0 Å². The fourth-order valence-corrected chi connectivity index (χ4v) is 3.50. The molecule has 0 bridgehead atoms. The summed E-state index contributed by atoms with van der Waals surface area (Å²) in [5.41, 5.74) is 0.473. The molecule has 1 aromatic carbocycles. The quantitative estimate of drug-likeness (QED) is 0.790. The van der Waals surface area contributed by atoms with E-state index in [4.69, 9.17) is 5.11 Å². The van der Waals surface area contributed by atoms with Crippen molar-refractivity contribution in [3.63, 3.8) is 0 Å². The molecule has 0 saturated heterocycles. The number of hydrogen-bond donors (Lipinski definition) is 1. The van der Waals surface area contributed by atoms with Crippen LogP contribution in [0.15, 0.2) is 30.3 Å². The lowest BCUT2D eigenvalue weighted by atomic mass is 10.3. The average Bonchev–Trinajstić information content (AvgIpc) is 2.40. The number of carbonyl (C=O) groups is 1. The molecule has 0 spiro atoms. The molecule has 0 heterocycles. The standard InChI is InChI=1S/C13H20N2O4S/c1-3-14(4-2)20(18,19)15(11-10-13(16)17)12-8-6-5-7-9-12/h5-9H,3-4,10-11H2,1-2H3,(H,16,17). The molecule has 0 aliphatic heterocycles. The van der Waals surface area contributed by atoms with Gasteiger partial charge in [-0.2, -0.15) is 12.7 Å². The Morgan fingerprint density at radius 3 is 2.15 bits per heavy atom. The molecule has 112 valence electrons. The van der Waals surface area contributed by atoms with E-state index in [9.17, 15) is 13.2 Å². The normalized spacial score (nSPS) is 11.6. The highest BCUT2D eigenvalue weighted by atomic mass is 32.2. The molecule has 7 heteroatoms. The van der Waals surface area contributed by atoms with Crippen LogP contribution in [0.3, 0.4) is 0 Å². The Balaban J connectivity index is 3.13. The van der Waals surface area contributed by atoms with Gasteiger partial charge in [0.25, 0.3) is 0 Å². The van der Waals surface area contributed by atoms with Gasteiger partial charge in [-0.1, -0.05) is 32.0 Å². The molecule has 0 amide bonds. The van der Waals surface area contributed by atoms with E-state index in [1.165, 1.54) is 4.31 Å². The van der Waals surface area contributed by atoms with Crippen molar-refractivity contribution < 1.29 is 18.3 Å². The van der Waals surface area contributed by atoms with Gasteiger partial charge in [-0.25, -0.2) is 0 Å². The smallest absolute Gasteiger partial charge is 0.305 e. The summed E-state index contributed by atoms with van der Waals surface area (Å²) in [4.78, 5) is 10.7. The van der Waals surface area contributed by atoms with Crippen molar-refractivity contribution >= 4 is 21.9 Å². The zero-order valence-electron chi connectivity index (χ0n) is 11.7. The van der Waals surface area contributed by atoms with Gasteiger partial charge in [0.1, 0.15) is 0 Å². The van der Waals surface area contributed by atoms with Gasteiger partial charge in [0.15, 0.2) is 0 Å². The second kappa shape index (κ2) is 7.25. The second-order valence-corrected chi connectivity index (χ2v) is 6.00. The van der Waals surface area contributed by atoms with Crippen LogP contribution in [-0.2, 0) is 15.0 Å². The zero-order chi connectivity index (χ0) is 15.2. The Labute approximate surface area is 119 Å². The number of carboxylic acid groups (broad SMARTS) is 1. The van der Waals surface area contributed by atoms with Gasteiger partial charge in [-0.05, 0) is 12.1 Å². The molecule has 0 fully saturated rings. The van der Waals surface area contributed by atoms with Crippen molar-refractivity contribution in [3.8, 4) is 0 Å². The van der Waals surface area contributed by atoms with E-state index in [2.05, 4.69) is 0 Å². The van der Waals surface area contributed by atoms with Crippen molar-refractivity contribution in [3.05, 3.63) is 30.3 Å². The number of hydrogen-bond acceptors (Lipinski definition) is 3. The Bertz CT molecular complexity index is 527. The minimum absolute atomic E-state index is 0.0851. The van der Waals surface area contributed by atoms with E-state index in [1.807, 2.05) is 0 Å². The van der Waals surface area contributed by atoms with Crippen molar-refractivity contribution in [1.29, 1.82) is 0 Å². The highest BCUT2D eigenvalue weighted by Crippen LogP contribution is 2.20. The first-order valence-electron chi connectivity index (χ1n) is 6.48. The van der Waals surface area contributed by atoms with Crippen LogP contribution in [0, 0.1) is 0 Å². The molecule has 1 aromatic rings. The maximum atomic E-state index is 12.6. The Morgan fingerprint density at radius 1 is 1.15 bits per heavy atom. The van der Waals surface area contributed by atoms with Gasteiger partial charge in [0.05, 0.1) is 12.1 Å². The number of anilines is 1. The summed E-state index contributed by atoms with van der Waals surface area (Å²) in [5.74, 6) is -1.03.